The van der Waals surface area contributed by atoms with Crippen LogP contribution in [-0.2, 0) is 20.3 Å². The van der Waals surface area contributed by atoms with Crippen molar-refractivity contribution in [2.24, 2.45) is 10.3 Å². The van der Waals surface area contributed by atoms with E-state index in [1.165, 1.54) is 0 Å². The first-order chi connectivity index (χ1) is 15.4. The molecular weight excluding hydrogens is 426 g/mol. The van der Waals surface area contributed by atoms with Gasteiger partial charge in [-0.1, -0.05) is 31.4 Å². The molecular formula is C24H33N3O4S. The van der Waals surface area contributed by atoms with Crippen molar-refractivity contribution in [3.05, 3.63) is 48.5 Å². The van der Waals surface area contributed by atoms with E-state index in [0.717, 1.165) is 25.7 Å². The second kappa shape index (κ2) is 13.6. The normalized spacial score (nSPS) is 13.0. The fourth-order valence-corrected chi connectivity index (χ4v) is 3.97. The minimum atomic E-state index is -1.34. The molecule has 2 aromatic rings. The van der Waals surface area contributed by atoms with Crippen LogP contribution >= 0.6 is 0 Å². The summed E-state index contributed by atoms with van der Waals surface area (Å²) in [6.45, 7) is 4.25. The largest absolute Gasteiger partial charge is 0.479 e. The van der Waals surface area contributed by atoms with Gasteiger partial charge in [0.15, 0.2) is 6.10 Å². The van der Waals surface area contributed by atoms with E-state index < -0.39 is 16.9 Å². The number of ether oxygens (including phenoxy) is 2. The van der Waals surface area contributed by atoms with Crippen molar-refractivity contribution in [1.82, 2.24) is 5.01 Å². The first-order valence-electron chi connectivity index (χ1n) is 11.0. The molecule has 0 spiro atoms. The maximum atomic E-state index is 12.9. The summed E-state index contributed by atoms with van der Waals surface area (Å²) in [7, 11) is 2.25. The number of benzene rings is 2. The van der Waals surface area contributed by atoms with E-state index in [1.54, 1.807) is 74.6 Å². The average molecular weight is 460 g/mol. The fraction of sp³-hybridized carbons (Fsp3) is 0.458. The Morgan fingerprint density at radius 3 is 2.16 bits per heavy atom. The molecule has 0 saturated carbocycles. The number of unbranched alkanes of at least 4 members (excludes halogenated alkanes) is 3. The van der Waals surface area contributed by atoms with E-state index in [2.05, 4.69) is 17.3 Å². The summed E-state index contributed by atoms with van der Waals surface area (Å²) in [5.41, 5.74) is 0.687. The van der Waals surface area contributed by atoms with Gasteiger partial charge < -0.3 is 9.47 Å². The van der Waals surface area contributed by atoms with E-state index in [4.69, 9.17) is 9.47 Å². The smallest absolute Gasteiger partial charge is 0.347 e. The van der Waals surface area contributed by atoms with Gasteiger partial charge in [-0.15, -0.1) is 5.11 Å². The first-order valence-corrected chi connectivity index (χ1v) is 12.1. The van der Waals surface area contributed by atoms with Gasteiger partial charge in [-0.05, 0) is 68.3 Å². The van der Waals surface area contributed by atoms with Gasteiger partial charge in [-0.2, -0.15) is 0 Å². The fourth-order valence-electron chi connectivity index (χ4n) is 2.94. The van der Waals surface area contributed by atoms with Crippen LogP contribution in [0.2, 0.25) is 0 Å². The van der Waals surface area contributed by atoms with E-state index in [1.807, 2.05) is 0 Å². The van der Waals surface area contributed by atoms with Crippen LogP contribution < -0.4 is 4.74 Å². The standard InChI is InChI=1S/C24H33N3O4S/c1-5-7-8-9-10-23(24(28)30-6-2)31-20-13-17-22(18-14-20)32(29)21-15-11-19(12-16-21)25-26-27(3)4/h11-18,23H,5-10H2,1-4H3. The Morgan fingerprint density at radius 1 is 0.969 bits per heavy atom. The second-order valence-corrected chi connectivity index (χ2v) is 8.96. The van der Waals surface area contributed by atoms with Gasteiger partial charge in [0.05, 0.1) is 23.1 Å². The highest BCUT2D eigenvalue weighted by Crippen LogP contribution is 2.23. The van der Waals surface area contributed by atoms with Crippen LogP contribution in [-0.4, -0.2) is 42.0 Å². The number of hydrogen-bond donors (Lipinski definition) is 0. The molecule has 32 heavy (non-hydrogen) atoms. The number of hydrogen-bond acceptors (Lipinski definition) is 6. The van der Waals surface area contributed by atoms with E-state index >= 15 is 0 Å². The minimum Gasteiger partial charge on any atom is -0.479 e. The van der Waals surface area contributed by atoms with Gasteiger partial charge in [0.1, 0.15) is 5.75 Å². The van der Waals surface area contributed by atoms with Crippen molar-refractivity contribution in [3.63, 3.8) is 0 Å². The van der Waals surface area contributed by atoms with Crippen LogP contribution in [0.1, 0.15) is 46.0 Å². The van der Waals surface area contributed by atoms with Crippen molar-refractivity contribution >= 4 is 22.5 Å². The lowest BCUT2D eigenvalue weighted by Gasteiger charge is -2.18. The molecule has 0 N–H and O–H groups in total. The Bertz CT molecular complexity index is 883. The molecule has 0 radical (unpaired) electrons. The van der Waals surface area contributed by atoms with Crippen molar-refractivity contribution in [2.75, 3.05) is 20.7 Å². The Kier molecular flexibility index (Phi) is 10.9. The summed E-state index contributed by atoms with van der Waals surface area (Å²) in [4.78, 5) is 13.6. The zero-order chi connectivity index (χ0) is 23.3. The van der Waals surface area contributed by atoms with Gasteiger partial charge >= 0.3 is 5.97 Å². The lowest BCUT2D eigenvalue weighted by molar-refractivity contribution is -0.151. The summed E-state index contributed by atoms with van der Waals surface area (Å²) in [5, 5.41) is 9.63. The molecule has 0 bridgehead atoms. The molecule has 0 aliphatic carbocycles. The molecule has 8 heteroatoms. The number of nitrogens with zero attached hydrogens (tertiary/aromatic N) is 3. The lowest BCUT2D eigenvalue weighted by Crippen LogP contribution is -2.29. The van der Waals surface area contributed by atoms with Crippen molar-refractivity contribution < 1.29 is 18.5 Å². The SMILES string of the molecule is CCCCCCC(Oc1ccc(S(=O)c2ccc(N=NN(C)C)cc2)cc1)C(=O)OCC. The Morgan fingerprint density at radius 2 is 1.59 bits per heavy atom. The number of carbonyl (C=O) groups excluding carboxylic acids is 1. The number of rotatable bonds is 13. The molecule has 0 aromatic heterocycles. The molecule has 2 rings (SSSR count). The predicted molar refractivity (Wildman–Crippen MR) is 126 cm³/mol. The van der Waals surface area contributed by atoms with Crippen LogP contribution in [0, 0.1) is 0 Å². The van der Waals surface area contributed by atoms with Crippen LogP contribution in [0.15, 0.2) is 68.7 Å². The Labute approximate surface area is 193 Å². The average Bonchev–Trinajstić information content (AvgIpc) is 2.80. The maximum absolute atomic E-state index is 12.9. The highest BCUT2D eigenvalue weighted by atomic mass is 32.2. The molecule has 0 fully saturated rings. The topological polar surface area (TPSA) is 80.6 Å². The minimum absolute atomic E-state index is 0.320. The summed E-state index contributed by atoms with van der Waals surface area (Å²) >= 11 is 0. The van der Waals surface area contributed by atoms with Crippen molar-refractivity contribution in [3.8, 4) is 5.75 Å². The Balaban J connectivity index is 2.03. The van der Waals surface area contributed by atoms with Crippen LogP contribution in [0.3, 0.4) is 0 Å². The van der Waals surface area contributed by atoms with Crippen LogP contribution in [0.5, 0.6) is 5.75 Å². The summed E-state index contributed by atoms with van der Waals surface area (Å²) in [5.74, 6) is 0.210. The van der Waals surface area contributed by atoms with Crippen molar-refractivity contribution in [2.45, 2.75) is 61.8 Å². The summed E-state index contributed by atoms with van der Waals surface area (Å²) in [6.07, 6.45) is 4.21. The predicted octanol–water partition coefficient (Wildman–Crippen LogP) is 5.69. The quantitative estimate of drug-likeness (QED) is 0.166. The van der Waals surface area contributed by atoms with Crippen molar-refractivity contribution in [1.29, 1.82) is 0 Å². The van der Waals surface area contributed by atoms with Gasteiger partial charge in [0, 0.05) is 23.9 Å². The Hall–Kier alpha value is -2.74. The maximum Gasteiger partial charge on any atom is 0.347 e. The highest BCUT2D eigenvalue weighted by Gasteiger charge is 2.21. The molecule has 0 saturated heterocycles. The summed E-state index contributed by atoms with van der Waals surface area (Å²) < 4.78 is 24.0. The number of carbonyl (C=O) groups is 1. The van der Waals surface area contributed by atoms with Crippen LogP contribution in [0.4, 0.5) is 5.69 Å². The van der Waals surface area contributed by atoms with E-state index in [9.17, 15) is 9.00 Å². The molecule has 0 amide bonds. The zero-order valence-corrected chi connectivity index (χ0v) is 20.1. The molecule has 0 aliphatic rings. The highest BCUT2D eigenvalue weighted by molar-refractivity contribution is 7.85. The number of esters is 1. The van der Waals surface area contributed by atoms with E-state index in [0.29, 0.717) is 34.3 Å². The van der Waals surface area contributed by atoms with Gasteiger partial charge in [-0.25, -0.2) is 9.00 Å². The third-order valence-corrected chi connectivity index (χ3v) is 5.98. The molecule has 2 aromatic carbocycles. The zero-order valence-electron chi connectivity index (χ0n) is 19.3. The second-order valence-electron chi connectivity index (χ2n) is 7.48. The molecule has 2 atom stereocenters. The van der Waals surface area contributed by atoms with Gasteiger partial charge in [0.25, 0.3) is 0 Å². The molecule has 174 valence electrons. The molecule has 0 aliphatic heterocycles. The monoisotopic (exact) mass is 459 g/mol. The van der Waals surface area contributed by atoms with Gasteiger partial charge in [-0.3, -0.25) is 5.01 Å². The lowest BCUT2D eigenvalue weighted by atomic mass is 10.1. The third-order valence-electron chi connectivity index (χ3n) is 4.58. The third kappa shape index (κ3) is 8.42. The first kappa shape index (κ1) is 25.5. The summed E-state index contributed by atoms with van der Waals surface area (Å²) in [6, 6.07) is 14.1. The van der Waals surface area contributed by atoms with Gasteiger partial charge in [0.2, 0.25) is 0 Å². The molecule has 7 nitrogen and oxygen atoms in total. The molecule has 2 unspecified atom stereocenters. The van der Waals surface area contributed by atoms with Crippen LogP contribution in [0.25, 0.3) is 0 Å². The van der Waals surface area contributed by atoms with E-state index in [-0.39, 0.29) is 5.97 Å². The molecule has 0 heterocycles.